The topological polar surface area (TPSA) is 96.5 Å². The van der Waals surface area contributed by atoms with Crippen LogP contribution in [0.4, 0.5) is 15.8 Å². The van der Waals surface area contributed by atoms with Crippen molar-refractivity contribution >= 4 is 45.0 Å². The van der Waals surface area contributed by atoms with Gasteiger partial charge in [-0.2, -0.15) is 0 Å². The fraction of sp³-hybridized carbons (Fsp3) is 0.150. The quantitative estimate of drug-likeness (QED) is 0.656. The summed E-state index contributed by atoms with van der Waals surface area (Å²) in [6.07, 6.45) is 1.37. The van der Waals surface area contributed by atoms with Crippen molar-refractivity contribution in [1.82, 2.24) is 5.32 Å². The van der Waals surface area contributed by atoms with E-state index in [9.17, 15) is 18.8 Å². The van der Waals surface area contributed by atoms with Crippen LogP contribution in [0.5, 0.6) is 5.75 Å². The van der Waals surface area contributed by atoms with E-state index in [1.54, 1.807) is 18.2 Å². The molecule has 0 fully saturated rings. The van der Waals surface area contributed by atoms with Crippen LogP contribution in [0.1, 0.15) is 17.9 Å². The number of ether oxygens (including phenoxy) is 1. The van der Waals surface area contributed by atoms with Crippen molar-refractivity contribution in [2.45, 2.75) is 12.3 Å². The Balaban J connectivity index is 1.62. The summed E-state index contributed by atoms with van der Waals surface area (Å²) in [6, 6.07) is 9.05. The summed E-state index contributed by atoms with van der Waals surface area (Å²) >= 11 is 3.38. The van der Waals surface area contributed by atoms with E-state index in [1.807, 2.05) is 0 Å². The molecule has 7 nitrogen and oxygen atoms in total. The Hall–Kier alpha value is -3.20. The van der Waals surface area contributed by atoms with Crippen molar-refractivity contribution in [2.75, 3.05) is 17.2 Å². The van der Waals surface area contributed by atoms with Gasteiger partial charge in [0.2, 0.25) is 5.91 Å². The van der Waals surface area contributed by atoms with E-state index < -0.39 is 17.6 Å². The van der Waals surface area contributed by atoms with Gasteiger partial charge in [-0.3, -0.25) is 14.4 Å². The van der Waals surface area contributed by atoms with Crippen molar-refractivity contribution in [1.29, 1.82) is 0 Å². The first kappa shape index (κ1) is 19.1. The summed E-state index contributed by atoms with van der Waals surface area (Å²) in [5.74, 6) is -1.55. The molecule has 0 bridgehead atoms. The summed E-state index contributed by atoms with van der Waals surface area (Å²) in [6.45, 7) is -0.0763. The highest BCUT2D eigenvalue weighted by Crippen LogP contribution is 2.37. The van der Waals surface area contributed by atoms with E-state index in [2.05, 4.69) is 31.9 Å². The molecule has 1 atom stereocenters. The Kier molecular flexibility index (Phi) is 5.06. The molecule has 2 aliphatic rings. The lowest BCUT2D eigenvalue weighted by Crippen LogP contribution is -2.32. The molecular formula is C20H15BrFN3O4. The highest BCUT2D eigenvalue weighted by atomic mass is 79.9. The number of benzene rings is 2. The third-order valence-electron chi connectivity index (χ3n) is 4.62. The van der Waals surface area contributed by atoms with Gasteiger partial charge in [-0.15, -0.1) is 0 Å². The Labute approximate surface area is 173 Å². The van der Waals surface area contributed by atoms with Gasteiger partial charge in [-0.25, -0.2) is 4.39 Å². The Morgan fingerprint density at radius 1 is 1.21 bits per heavy atom. The molecule has 3 amide bonds. The van der Waals surface area contributed by atoms with Crippen molar-refractivity contribution in [3.8, 4) is 5.75 Å². The lowest BCUT2D eigenvalue weighted by molar-refractivity contribution is -0.121. The Morgan fingerprint density at radius 3 is 2.83 bits per heavy atom. The number of hydrogen-bond donors (Lipinski definition) is 3. The number of amides is 3. The second-order valence-corrected chi connectivity index (χ2v) is 7.45. The van der Waals surface area contributed by atoms with Gasteiger partial charge in [0, 0.05) is 28.6 Å². The molecule has 2 aliphatic heterocycles. The Morgan fingerprint density at radius 2 is 2.03 bits per heavy atom. The molecule has 0 spiro atoms. The lowest BCUT2D eigenvalue weighted by atomic mass is 9.86. The zero-order chi connectivity index (χ0) is 20.5. The molecule has 1 unspecified atom stereocenters. The van der Waals surface area contributed by atoms with E-state index in [4.69, 9.17) is 4.74 Å². The molecule has 4 rings (SSSR count). The van der Waals surface area contributed by atoms with Crippen LogP contribution in [0.25, 0.3) is 0 Å². The monoisotopic (exact) mass is 459 g/mol. The van der Waals surface area contributed by atoms with E-state index in [1.165, 1.54) is 24.4 Å². The van der Waals surface area contributed by atoms with Crippen LogP contribution in [-0.2, 0) is 14.4 Å². The lowest BCUT2D eigenvalue weighted by Gasteiger charge is -2.25. The van der Waals surface area contributed by atoms with Gasteiger partial charge in [0.25, 0.3) is 11.8 Å². The van der Waals surface area contributed by atoms with Crippen molar-refractivity contribution < 1.29 is 23.5 Å². The standard InChI is InChI=1S/C20H15BrFN3O4/c21-14-6-17-16(24-19(27)9-29-17)7-15(14)25-20(28)13-8-23-18(26)5-12(13)10-2-1-3-11(22)4-10/h1-4,6-8,12H,5,9H2,(H,23,26)(H,24,27)(H,25,28). The smallest absolute Gasteiger partial charge is 0.262 e. The molecule has 2 aromatic rings. The third-order valence-corrected chi connectivity index (χ3v) is 5.27. The van der Waals surface area contributed by atoms with Crippen molar-refractivity contribution in [2.24, 2.45) is 0 Å². The summed E-state index contributed by atoms with van der Waals surface area (Å²) in [5.41, 5.74) is 1.68. The molecule has 2 heterocycles. The predicted molar refractivity (Wildman–Crippen MR) is 107 cm³/mol. The van der Waals surface area contributed by atoms with Gasteiger partial charge in [-0.1, -0.05) is 12.1 Å². The number of carbonyl (C=O) groups is 3. The first-order chi connectivity index (χ1) is 13.9. The molecule has 0 aliphatic carbocycles. The summed E-state index contributed by atoms with van der Waals surface area (Å²) in [5, 5.41) is 7.98. The van der Waals surface area contributed by atoms with Crippen LogP contribution in [0.3, 0.4) is 0 Å². The molecule has 148 valence electrons. The zero-order valence-corrected chi connectivity index (χ0v) is 16.5. The predicted octanol–water partition coefficient (Wildman–Crippen LogP) is 3.05. The molecule has 3 N–H and O–H groups in total. The van der Waals surface area contributed by atoms with Crippen LogP contribution in [0.15, 0.2) is 52.6 Å². The maximum atomic E-state index is 13.7. The maximum absolute atomic E-state index is 13.7. The number of hydrogen-bond acceptors (Lipinski definition) is 4. The highest BCUT2D eigenvalue weighted by molar-refractivity contribution is 9.10. The second kappa shape index (κ2) is 7.67. The van der Waals surface area contributed by atoms with Gasteiger partial charge < -0.3 is 20.7 Å². The van der Waals surface area contributed by atoms with Crippen molar-refractivity contribution in [3.05, 3.63) is 64.0 Å². The van der Waals surface area contributed by atoms with Crippen LogP contribution in [-0.4, -0.2) is 24.3 Å². The zero-order valence-electron chi connectivity index (χ0n) is 14.9. The Bertz CT molecular complexity index is 1070. The molecule has 0 aromatic heterocycles. The minimum Gasteiger partial charge on any atom is -0.482 e. The van der Waals surface area contributed by atoms with Gasteiger partial charge in [0.05, 0.1) is 11.4 Å². The minimum atomic E-state index is -0.584. The fourth-order valence-electron chi connectivity index (χ4n) is 3.25. The SMILES string of the molecule is O=C1CC(c2cccc(F)c2)C(C(=O)Nc2cc3c(cc2Br)OCC(=O)N3)=CN1. The first-order valence-corrected chi connectivity index (χ1v) is 9.52. The molecular weight excluding hydrogens is 445 g/mol. The number of nitrogens with one attached hydrogen (secondary N) is 3. The molecule has 0 saturated heterocycles. The first-order valence-electron chi connectivity index (χ1n) is 8.73. The van der Waals surface area contributed by atoms with Gasteiger partial charge in [0.15, 0.2) is 6.61 Å². The molecule has 2 aromatic carbocycles. The maximum Gasteiger partial charge on any atom is 0.262 e. The summed E-state index contributed by atoms with van der Waals surface area (Å²) in [4.78, 5) is 36.4. The van der Waals surface area contributed by atoms with Crippen LogP contribution >= 0.6 is 15.9 Å². The van der Waals surface area contributed by atoms with Gasteiger partial charge >= 0.3 is 0 Å². The van der Waals surface area contributed by atoms with Gasteiger partial charge in [-0.05, 0) is 45.8 Å². The van der Waals surface area contributed by atoms with E-state index >= 15 is 0 Å². The van der Waals surface area contributed by atoms with E-state index in [-0.39, 0.29) is 24.8 Å². The summed E-state index contributed by atoms with van der Waals surface area (Å²) < 4.78 is 19.6. The third kappa shape index (κ3) is 4.00. The normalized spacial score (nSPS) is 18.0. The average Bonchev–Trinajstić information content (AvgIpc) is 2.68. The molecule has 9 heteroatoms. The summed E-state index contributed by atoms with van der Waals surface area (Å²) in [7, 11) is 0. The number of anilines is 2. The van der Waals surface area contributed by atoms with Gasteiger partial charge in [0.1, 0.15) is 11.6 Å². The molecule has 0 saturated carbocycles. The van der Waals surface area contributed by atoms with E-state index in [0.717, 1.165) is 0 Å². The van der Waals surface area contributed by atoms with Crippen molar-refractivity contribution in [3.63, 3.8) is 0 Å². The highest BCUT2D eigenvalue weighted by Gasteiger charge is 2.29. The van der Waals surface area contributed by atoms with Crippen LogP contribution in [0.2, 0.25) is 0 Å². The second-order valence-electron chi connectivity index (χ2n) is 6.60. The molecule has 29 heavy (non-hydrogen) atoms. The minimum absolute atomic E-state index is 0.0258. The fourth-order valence-corrected chi connectivity index (χ4v) is 3.67. The molecule has 0 radical (unpaired) electrons. The number of halogens is 2. The largest absolute Gasteiger partial charge is 0.482 e. The van der Waals surface area contributed by atoms with Crippen LogP contribution < -0.4 is 20.7 Å². The van der Waals surface area contributed by atoms with Crippen LogP contribution in [0, 0.1) is 5.82 Å². The number of fused-ring (bicyclic) bond motifs is 1. The average molecular weight is 460 g/mol. The number of carbonyl (C=O) groups excluding carboxylic acids is 3. The van der Waals surface area contributed by atoms with E-state index in [0.29, 0.717) is 32.7 Å². The number of rotatable bonds is 3.